The second-order valence-electron chi connectivity index (χ2n) is 15.2. The molecule has 1 unspecified atom stereocenters. The smallest absolute Gasteiger partial charge is 0.263 e. The standard InChI is InChI=1S/C37H47N11O3/c1-37(12-13-37)44-33-32-30(11-14-45(2)35(32)51)41-36(43-33)40-27-20-39-48(23-27)28-9-17-46(18-10-28)21-24-7-15-47(16-8-24)22-26-4-3-25(19-38-26)29-5-6-31(49)42-34(29)50/h3-4,11,14,19-20,23-24,28-29H,5-10,12-13,15-18,21-22H2,1-2H3,(H,42,49,50)(H2,40,41,43,44). The van der Waals surface area contributed by atoms with Crippen LogP contribution in [-0.4, -0.2) is 89.2 Å². The molecule has 1 aliphatic carbocycles. The Labute approximate surface area is 297 Å². The van der Waals surface area contributed by atoms with Crippen molar-refractivity contribution in [2.75, 3.05) is 43.4 Å². The van der Waals surface area contributed by atoms with Crippen LogP contribution in [0.4, 0.5) is 17.5 Å². The molecule has 14 nitrogen and oxygen atoms in total. The molecule has 1 saturated carbocycles. The molecule has 1 atom stereocenters. The highest BCUT2D eigenvalue weighted by molar-refractivity contribution is 6.00. The van der Waals surface area contributed by atoms with Gasteiger partial charge in [-0.25, -0.2) is 4.98 Å². The van der Waals surface area contributed by atoms with Crippen LogP contribution in [0, 0.1) is 5.92 Å². The summed E-state index contributed by atoms with van der Waals surface area (Å²) in [6.07, 6.45) is 14.9. The summed E-state index contributed by atoms with van der Waals surface area (Å²) in [5.41, 5.74) is 3.20. The molecule has 4 fully saturated rings. The van der Waals surface area contributed by atoms with E-state index in [4.69, 9.17) is 10.1 Å². The molecule has 3 N–H and O–H groups in total. The van der Waals surface area contributed by atoms with Crippen LogP contribution in [0.2, 0.25) is 0 Å². The molecule has 0 aromatic carbocycles. The molecule has 0 radical (unpaired) electrons. The maximum absolute atomic E-state index is 13.0. The van der Waals surface area contributed by atoms with Crippen LogP contribution in [0.1, 0.15) is 81.5 Å². The second kappa shape index (κ2) is 13.8. The van der Waals surface area contributed by atoms with Gasteiger partial charge in [-0.3, -0.25) is 34.3 Å². The number of pyridine rings is 2. The molecule has 268 valence electrons. The molecule has 4 aromatic heterocycles. The zero-order valence-corrected chi connectivity index (χ0v) is 29.5. The lowest BCUT2D eigenvalue weighted by Gasteiger charge is -2.37. The first-order valence-electron chi connectivity index (χ1n) is 18.4. The van der Waals surface area contributed by atoms with E-state index in [0.29, 0.717) is 47.5 Å². The van der Waals surface area contributed by atoms with Gasteiger partial charge in [0.1, 0.15) is 11.2 Å². The first kappa shape index (κ1) is 33.5. The van der Waals surface area contributed by atoms with Crippen molar-refractivity contribution in [1.82, 2.24) is 44.4 Å². The largest absolute Gasteiger partial charge is 0.364 e. The van der Waals surface area contributed by atoms with Crippen molar-refractivity contribution >= 4 is 40.2 Å². The Morgan fingerprint density at radius 3 is 2.45 bits per heavy atom. The minimum atomic E-state index is -0.290. The summed E-state index contributed by atoms with van der Waals surface area (Å²) in [4.78, 5) is 55.8. The van der Waals surface area contributed by atoms with Crippen molar-refractivity contribution in [1.29, 1.82) is 0 Å². The van der Waals surface area contributed by atoms with Gasteiger partial charge in [0, 0.05) is 63.8 Å². The van der Waals surface area contributed by atoms with Gasteiger partial charge < -0.3 is 20.1 Å². The van der Waals surface area contributed by atoms with E-state index in [9.17, 15) is 14.4 Å². The van der Waals surface area contributed by atoms with Gasteiger partial charge in [-0.2, -0.15) is 10.1 Å². The number of nitrogens with zero attached hydrogens (tertiary/aromatic N) is 8. The number of fused-ring (bicyclic) bond motifs is 1. The van der Waals surface area contributed by atoms with Crippen LogP contribution in [0.3, 0.4) is 0 Å². The number of hydrogen-bond donors (Lipinski definition) is 3. The Morgan fingerprint density at radius 1 is 0.941 bits per heavy atom. The maximum atomic E-state index is 13.0. The predicted molar refractivity (Wildman–Crippen MR) is 194 cm³/mol. The average molecular weight is 694 g/mol. The highest BCUT2D eigenvalue weighted by atomic mass is 16.2. The van der Waals surface area contributed by atoms with Crippen LogP contribution in [-0.2, 0) is 23.2 Å². The minimum Gasteiger partial charge on any atom is -0.364 e. The summed E-state index contributed by atoms with van der Waals surface area (Å²) in [6.45, 7) is 8.36. The van der Waals surface area contributed by atoms with E-state index in [-0.39, 0.29) is 28.8 Å². The lowest BCUT2D eigenvalue weighted by molar-refractivity contribution is -0.134. The van der Waals surface area contributed by atoms with Gasteiger partial charge >= 0.3 is 0 Å². The number of carbonyl (C=O) groups excluding carboxylic acids is 2. The van der Waals surface area contributed by atoms with Crippen molar-refractivity contribution in [3.8, 4) is 0 Å². The lowest BCUT2D eigenvalue weighted by Crippen LogP contribution is -2.41. The number of piperidine rings is 3. The molecular weight excluding hydrogens is 646 g/mol. The van der Waals surface area contributed by atoms with Crippen LogP contribution < -0.4 is 21.5 Å². The van der Waals surface area contributed by atoms with E-state index in [0.717, 1.165) is 81.9 Å². The monoisotopic (exact) mass is 693 g/mol. The molecular formula is C37H47N11O3. The van der Waals surface area contributed by atoms with E-state index in [1.54, 1.807) is 24.0 Å². The molecule has 8 rings (SSSR count). The second-order valence-corrected chi connectivity index (χ2v) is 15.2. The average Bonchev–Trinajstić information content (AvgIpc) is 3.66. The molecule has 14 heteroatoms. The van der Waals surface area contributed by atoms with Gasteiger partial charge in [-0.05, 0) is 88.6 Å². The molecule has 4 aliphatic rings. The first-order valence-corrected chi connectivity index (χ1v) is 18.4. The number of carbonyl (C=O) groups is 2. The summed E-state index contributed by atoms with van der Waals surface area (Å²) in [6, 6.07) is 6.22. The Hall–Kier alpha value is -4.69. The first-order chi connectivity index (χ1) is 24.7. The zero-order chi connectivity index (χ0) is 35.1. The number of rotatable bonds is 10. The zero-order valence-electron chi connectivity index (χ0n) is 29.5. The maximum Gasteiger partial charge on any atom is 0.263 e. The van der Waals surface area contributed by atoms with Gasteiger partial charge in [-0.15, -0.1) is 0 Å². The fraction of sp³-hybridized carbons (Fsp3) is 0.541. The van der Waals surface area contributed by atoms with Crippen LogP contribution in [0.5, 0.6) is 0 Å². The molecule has 0 bridgehead atoms. The molecule has 4 aromatic rings. The summed E-state index contributed by atoms with van der Waals surface area (Å²) >= 11 is 0. The van der Waals surface area contributed by atoms with E-state index in [1.807, 2.05) is 30.6 Å². The summed E-state index contributed by atoms with van der Waals surface area (Å²) in [7, 11) is 1.75. The van der Waals surface area contributed by atoms with Gasteiger partial charge in [-0.1, -0.05) is 6.07 Å². The summed E-state index contributed by atoms with van der Waals surface area (Å²) in [5.74, 6) is 1.02. The third kappa shape index (κ3) is 7.52. The normalized spacial score (nSPS) is 21.9. The van der Waals surface area contributed by atoms with Crippen molar-refractivity contribution < 1.29 is 9.59 Å². The number of aromatic nitrogens is 6. The highest BCUT2D eigenvalue weighted by Gasteiger charge is 2.38. The number of imide groups is 1. The van der Waals surface area contributed by atoms with Crippen LogP contribution >= 0.6 is 0 Å². The predicted octanol–water partition coefficient (Wildman–Crippen LogP) is 3.70. The Balaban J connectivity index is 0.801. The van der Waals surface area contributed by atoms with Gasteiger partial charge in [0.25, 0.3) is 5.56 Å². The Morgan fingerprint density at radius 2 is 1.73 bits per heavy atom. The van der Waals surface area contributed by atoms with Gasteiger partial charge in [0.15, 0.2) is 0 Å². The number of hydrogen-bond acceptors (Lipinski definition) is 11. The fourth-order valence-corrected chi connectivity index (χ4v) is 7.75. The third-order valence-corrected chi connectivity index (χ3v) is 11.2. The van der Waals surface area contributed by atoms with Crippen molar-refractivity contribution in [3.63, 3.8) is 0 Å². The van der Waals surface area contributed by atoms with Crippen molar-refractivity contribution in [2.45, 2.75) is 82.3 Å². The lowest BCUT2D eigenvalue weighted by atomic mass is 9.91. The quantitative estimate of drug-likeness (QED) is 0.208. The van der Waals surface area contributed by atoms with Crippen LogP contribution in [0.25, 0.3) is 10.9 Å². The SMILES string of the molecule is Cn1ccc2nc(Nc3cnn(C4CCN(CC5CCN(Cc6ccc(C7CCC(=O)NC7=O)cn6)CC5)CC4)c3)nc(NC3(C)CC3)c2c1=O. The minimum absolute atomic E-state index is 0.0365. The van der Waals surface area contributed by atoms with E-state index in [2.05, 4.69) is 47.3 Å². The summed E-state index contributed by atoms with van der Waals surface area (Å²) in [5, 5.41) is 14.5. The Kier molecular flexibility index (Phi) is 9.05. The van der Waals surface area contributed by atoms with Gasteiger partial charge in [0.2, 0.25) is 17.8 Å². The molecule has 2 amide bonds. The fourth-order valence-electron chi connectivity index (χ4n) is 7.75. The number of aryl methyl sites for hydroxylation is 1. The topological polar surface area (TPSA) is 155 Å². The van der Waals surface area contributed by atoms with E-state index >= 15 is 0 Å². The molecule has 51 heavy (non-hydrogen) atoms. The molecule has 3 saturated heterocycles. The van der Waals surface area contributed by atoms with Crippen molar-refractivity contribution in [3.05, 3.63) is 64.6 Å². The van der Waals surface area contributed by atoms with E-state index < -0.39 is 0 Å². The van der Waals surface area contributed by atoms with E-state index in [1.165, 1.54) is 12.8 Å². The third-order valence-electron chi connectivity index (χ3n) is 11.2. The summed E-state index contributed by atoms with van der Waals surface area (Å²) < 4.78 is 3.64. The molecule has 0 spiro atoms. The van der Waals surface area contributed by atoms with Crippen LogP contribution in [0.15, 0.2) is 47.8 Å². The van der Waals surface area contributed by atoms with Crippen molar-refractivity contribution in [2.24, 2.45) is 13.0 Å². The number of anilines is 3. The highest BCUT2D eigenvalue weighted by Crippen LogP contribution is 2.39. The molecule has 7 heterocycles. The number of amides is 2. The number of nitrogens with one attached hydrogen (secondary N) is 3. The van der Waals surface area contributed by atoms with Gasteiger partial charge in [0.05, 0.1) is 35.1 Å². The molecule has 3 aliphatic heterocycles. The number of likely N-dealkylation sites (tertiary alicyclic amines) is 2. The Bertz CT molecular complexity index is 1970.